The number of carbonyl (C=O) groups is 1. The van der Waals surface area contributed by atoms with E-state index in [0.717, 1.165) is 11.6 Å². The first-order valence-electron chi connectivity index (χ1n) is 10.0. The van der Waals surface area contributed by atoms with Crippen LogP contribution >= 0.6 is 0 Å². The maximum Gasteiger partial charge on any atom is 0.249 e. The van der Waals surface area contributed by atoms with Crippen molar-refractivity contribution in [2.75, 3.05) is 6.61 Å². The van der Waals surface area contributed by atoms with Crippen molar-refractivity contribution in [2.45, 2.75) is 31.8 Å². The number of aromatic nitrogens is 2. The number of hydrogen-bond acceptors (Lipinski definition) is 3. The molecule has 1 saturated heterocycles. The number of amides is 1. The molecule has 5 nitrogen and oxygen atoms in total. The molecule has 0 unspecified atom stereocenters. The third-order valence-electron chi connectivity index (χ3n) is 6.01. The number of imidazole rings is 1. The van der Waals surface area contributed by atoms with Gasteiger partial charge in [0.25, 0.3) is 0 Å². The maximum atomic E-state index is 13.6. The topological polar surface area (TPSA) is 47.4 Å². The van der Waals surface area contributed by atoms with E-state index in [0.29, 0.717) is 49.4 Å². The van der Waals surface area contributed by atoms with Crippen LogP contribution in [0, 0.1) is 29.3 Å². The minimum atomic E-state index is -0.666. The number of hydroxylamine groups is 2. The molecule has 0 bridgehead atoms. The van der Waals surface area contributed by atoms with Gasteiger partial charge in [-0.05, 0) is 48.6 Å². The van der Waals surface area contributed by atoms with Crippen molar-refractivity contribution in [2.24, 2.45) is 11.8 Å². The summed E-state index contributed by atoms with van der Waals surface area (Å²) in [4.78, 5) is 22.7. The van der Waals surface area contributed by atoms with E-state index < -0.39 is 17.7 Å². The van der Waals surface area contributed by atoms with Crippen molar-refractivity contribution in [1.29, 1.82) is 0 Å². The van der Waals surface area contributed by atoms with Gasteiger partial charge in [-0.3, -0.25) is 9.63 Å². The number of nitrogens with zero attached hydrogens (tertiary/aromatic N) is 3. The van der Waals surface area contributed by atoms with E-state index in [9.17, 15) is 18.0 Å². The molecule has 2 heterocycles. The van der Waals surface area contributed by atoms with Crippen LogP contribution in [0.4, 0.5) is 13.2 Å². The summed E-state index contributed by atoms with van der Waals surface area (Å²) in [6.07, 6.45) is 3.59. The van der Waals surface area contributed by atoms with Gasteiger partial charge in [0.1, 0.15) is 17.5 Å². The molecular weight excluding hydrogens is 395 g/mol. The van der Waals surface area contributed by atoms with Crippen molar-refractivity contribution in [1.82, 2.24) is 14.6 Å². The molecule has 0 N–H and O–H groups in total. The van der Waals surface area contributed by atoms with Gasteiger partial charge in [-0.25, -0.2) is 23.2 Å². The summed E-state index contributed by atoms with van der Waals surface area (Å²) in [5.74, 6) is -1.67. The lowest BCUT2D eigenvalue weighted by Gasteiger charge is -2.37. The summed E-state index contributed by atoms with van der Waals surface area (Å²) < 4.78 is 42.5. The highest BCUT2D eigenvalue weighted by atomic mass is 19.1. The Morgan fingerprint density at radius 3 is 2.60 bits per heavy atom. The van der Waals surface area contributed by atoms with E-state index in [2.05, 4.69) is 4.98 Å². The second-order valence-electron chi connectivity index (χ2n) is 8.07. The third-order valence-corrected chi connectivity index (χ3v) is 6.01. The fourth-order valence-electron chi connectivity index (χ4n) is 4.48. The fraction of sp³-hybridized carbons (Fsp3) is 0.364. The number of fused-ring (bicyclic) bond motifs is 1. The lowest BCUT2D eigenvalue weighted by molar-refractivity contribution is -0.186. The summed E-state index contributed by atoms with van der Waals surface area (Å²) in [7, 11) is 0. The van der Waals surface area contributed by atoms with Crippen LogP contribution in [0.25, 0.3) is 11.0 Å². The highest BCUT2D eigenvalue weighted by molar-refractivity contribution is 5.79. The van der Waals surface area contributed by atoms with Gasteiger partial charge >= 0.3 is 0 Å². The molecule has 1 aliphatic heterocycles. The highest BCUT2D eigenvalue weighted by Crippen LogP contribution is 2.40. The minimum absolute atomic E-state index is 0.143. The Hall–Kier alpha value is -2.87. The van der Waals surface area contributed by atoms with Crippen molar-refractivity contribution >= 4 is 16.9 Å². The molecule has 2 aromatic carbocycles. The standard InChI is InChI=1S/C22H20F3N3O2/c23-16-1-2-21-19(10-16)26-12-27(21)11-13-5-15(6-13)22(29)28-20(3-4-30-28)14-7-17(24)9-18(25)8-14/h1-2,7-10,12-13,15,20H,3-6,11H2/t13?,15?,20-/m0/s1. The van der Waals surface area contributed by atoms with E-state index in [4.69, 9.17) is 4.84 Å². The molecule has 5 rings (SSSR count). The zero-order chi connectivity index (χ0) is 20.8. The first-order chi connectivity index (χ1) is 14.5. The second kappa shape index (κ2) is 7.43. The number of halogens is 3. The number of benzene rings is 2. The summed E-state index contributed by atoms with van der Waals surface area (Å²) in [6, 6.07) is 7.36. The van der Waals surface area contributed by atoms with Crippen molar-refractivity contribution in [3.63, 3.8) is 0 Å². The maximum absolute atomic E-state index is 13.6. The molecule has 156 valence electrons. The summed E-state index contributed by atoms with van der Waals surface area (Å²) >= 11 is 0. The van der Waals surface area contributed by atoms with Crippen molar-refractivity contribution < 1.29 is 22.8 Å². The normalized spacial score (nSPS) is 23.7. The van der Waals surface area contributed by atoms with Crippen LogP contribution in [-0.4, -0.2) is 27.1 Å². The third kappa shape index (κ3) is 3.45. The Morgan fingerprint density at radius 2 is 1.83 bits per heavy atom. The van der Waals surface area contributed by atoms with Crippen LogP contribution in [0.15, 0.2) is 42.7 Å². The van der Waals surface area contributed by atoms with Gasteiger partial charge in [0.05, 0.1) is 30.0 Å². The summed E-state index contributed by atoms with van der Waals surface area (Å²) in [5, 5.41) is 1.30. The van der Waals surface area contributed by atoms with Crippen LogP contribution in [0.3, 0.4) is 0 Å². The monoisotopic (exact) mass is 415 g/mol. The largest absolute Gasteiger partial charge is 0.330 e. The van der Waals surface area contributed by atoms with Crippen molar-refractivity contribution in [3.8, 4) is 0 Å². The lowest BCUT2D eigenvalue weighted by Crippen LogP contribution is -2.42. The van der Waals surface area contributed by atoms with E-state index in [-0.39, 0.29) is 17.6 Å². The molecule has 0 spiro atoms. The van der Waals surface area contributed by atoms with Gasteiger partial charge < -0.3 is 4.57 Å². The van der Waals surface area contributed by atoms with Crippen LogP contribution in [0.1, 0.15) is 30.9 Å². The smallest absolute Gasteiger partial charge is 0.249 e. The van der Waals surface area contributed by atoms with Gasteiger partial charge in [-0.2, -0.15) is 0 Å². The van der Waals surface area contributed by atoms with Gasteiger partial charge in [0.2, 0.25) is 5.91 Å². The Morgan fingerprint density at radius 1 is 1.07 bits per heavy atom. The molecule has 1 amide bonds. The predicted octanol–water partition coefficient (Wildman–Crippen LogP) is 4.39. The van der Waals surface area contributed by atoms with E-state index >= 15 is 0 Å². The zero-order valence-electron chi connectivity index (χ0n) is 16.1. The van der Waals surface area contributed by atoms with Gasteiger partial charge in [-0.1, -0.05) is 0 Å². The predicted molar refractivity (Wildman–Crippen MR) is 102 cm³/mol. The Balaban J connectivity index is 1.23. The summed E-state index contributed by atoms with van der Waals surface area (Å²) in [5.41, 5.74) is 1.88. The Labute approximate surface area is 171 Å². The number of rotatable bonds is 4. The molecule has 1 aromatic heterocycles. The van der Waals surface area contributed by atoms with Gasteiger partial charge in [-0.15, -0.1) is 0 Å². The fourth-order valence-corrected chi connectivity index (χ4v) is 4.48. The molecule has 0 radical (unpaired) electrons. The Bertz CT molecular complexity index is 1090. The molecule has 2 fully saturated rings. The van der Waals surface area contributed by atoms with Gasteiger partial charge in [0, 0.05) is 31.0 Å². The minimum Gasteiger partial charge on any atom is -0.330 e. The quantitative estimate of drug-likeness (QED) is 0.635. The number of carbonyl (C=O) groups excluding carboxylic acids is 1. The molecular formula is C22H20F3N3O2. The Kier molecular flexibility index (Phi) is 4.73. The molecule has 2 aliphatic rings. The lowest BCUT2D eigenvalue weighted by atomic mass is 9.74. The van der Waals surface area contributed by atoms with E-state index in [1.54, 1.807) is 12.4 Å². The van der Waals surface area contributed by atoms with Crippen molar-refractivity contribution in [3.05, 3.63) is 65.7 Å². The van der Waals surface area contributed by atoms with Crippen LogP contribution in [-0.2, 0) is 16.2 Å². The number of hydrogen-bond donors (Lipinski definition) is 0. The second-order valence-corrected chi connectivity index (χ2v) is 8.07. The van der Waals surface area contributed by atoms with Crippen LogP contribution in [0.5, 0.6) is 0 Å². The molecule has 1 atom stereocenters. The zero-order valence-corrected chi connectivity index (χ0v) is 16.1. The molecule has 3 aromatic rings. The van der Waals surface area contributed by atoms with Crippen LogP contribution < -0.4 is 0 Å². The molecule has 1 aliphatic carbocycles. The first-order valence-corrected chi connectivity index (χ1v) is 10.0. The van der Waals surface area contributed by atoms with E-state index in [1.807, 2.05) is 4.57 Å². The molecule has 30 heavy (non-hydrogen) atoms. The SMILES string of the molecule is O=C(C1CC(Cn2cnc3cc(F)ccc32)C1)N1OCC[C@H]1c1cc(F)cc(F)c1. The summed E-state index contributed by atoms with van der Waals surface area (Å²) in [6.45, 7) is 1.04. The molecule has 1 saturated carbocycles. The average Bonchev–Trinajstić information content (AvgIpc) is 3.30. The average molecular weight is 415 g/mol. The van der Waals surface area contributed by atoms with Crippen LogP contribution in [0.2, 0.25) is 0 Å². The van der Waals surface area contributed by atoms with E-state index in [1.165, 1.54) is 29.3 Å². The highest BCUT2D eigenvalue weighted by Gasteiger charge is 2.42. The molecule has 8 heteroatoms. The van der Waals surface area contributed by atoms with Gasteiger partial charge in [0.15, 0.2) is 0 Å². The first kappa shape index (κ1) is 19.1.